The van der Waals surface area contributed by atoms with Gasteiger partial charge in [0.15, 0.2) is 11.6 Å². The third-order valence-corrected chi connectivity index (χ3v) is 4.15. The van der Waals surface area contributed by atoms with Crippen molar-refractivity contribution in [3.63, 3.8) is 0 Å². The van der Waals surface area contributed by atoms with E-state index in [1.54, 1.807) is 0 Å². The maximum atomic E-state index is 12.1. The van der Waals surface area contributed by atoms with Gasteiger partial charge in [-0.05, 0) is 24.3 Å². The van der Waals surface area contributed by atoms with Crippen LogP contribution in [0.2, 0.25) is 10.0 Å². The number of Topliss-reactive ketones (excluding diaryl/α,β-unsaturated/α-hetero) is 2. The van der Waals surface area contributed by atoms with Gasteiger partial charge in [-0.2, -0.15) is 0 Å². The predicted molar refractivity (Wildman–Crippen MR) is 94.1 cm³/mol. The Morgan fingerprint density at radius 1 is 0.759 bits per heavy atom. The molecule has 2 aromatic carbocycles. The van der Waals surface area contributed by atoms with Gasteiger partial charge in [0, 0.05) is 36.1 Å². The predicted octanol–water partition coefficient (Wildman–Crippen LogP) is -1.34. The Bertz CT molecular complexity index is 866. The van der Waals surface area contributed by atoms with Crippen LogP contribution < -0.4 is 24.8 Å². The molecule has 0 N–H and O–H groups in total. The largest absolute Gasteiger partial charge is 2.00 e. The number of carbonyl (C=O) groups is 2. The molecule has 0 fully saturated rings. The number of rotatable bonds is 7. The molecular weight excluding hydrogens is 523 g/mol. The molecule has 0 unspecified atom stereocenters. The molecule has 0 amide bonds. The van der Waals surface area contributed by atoms with Crippen molar-refractivity contribution >= 4 is 46.1 Å². The summed E-state index contributed by atoms with van der Waals surface area (Å²) in [5.41, 5.74) is -0.707. The van der Waals surface area contributed by atoms with Gasteiger partial charge in [0.25, 0.3) is 11.4 Å². The molecule has 0 aromatic heterocycles. The summed E-state index contributed by atoms with van der Waals surface area (Å²) in [6, 6.07) is 7.21. The van der Waals surface area contributed by atoms with E-state index in [2.05, 4.69) is 0 Å². The summed E-state index contributed by atoms with van der Waals surface area (Å²) in [6.45, 7) is 0. The second-order valence-corrected chi connectivity index (χ2v) is 6.01. The van der Waals surface area contributed by atoms with Crippen molar-refractivity contribution in [2.24, 2.45) is 0 Å². The monoisotopic (exact) mass is 530 g/mol. The van der Waals surface area contributed by atoms with Gasteiger partial charge in [-0.1, -0.05) is 23.2 Å². The van der Waals surface area contributed by atoms with Crippen LogP contribution >= 0.6 is 23.2 Å². The van der Waals surface area contributed by atoms with Crippen LogP contribution in [0.1, 0.15) is 33.6 Å². The molecule has 2 aromatic rings. The minimum Gasteiger partial charge on any atom is -1.00 e. The van der Waals surface area contributed by atoms with Gasteiger partial charge < -0.3 is 24.8 Å². The molecule has 0 atom stereocenters. The fraction of sp³-hybridized carbons (Fsp3) is 0.125. The summed E-state index contributed by atoms with van der Waals surface area (Å²) >= 11 is 11.4. The summed E-state index contributed by atoms with van der Waals surface area (Å²) in [4.78, 5) is 44.6. The van der Waals surface area contributed by atoms with Crippen molar-refractivity contribution in [1.82, 2.24) is 0 Å². The zero-order valence-corrected chi connectivity index (χ0v) is 20.4. The van der Waals surface area contributed by atoms with E-state index >= 15 is 0 Å². The number of nitro groups is 2. The Balaban J connectivity index is 0. The second kappa shape index (κ2) is 12.8. The molecule has 0 aliphatic carbocycles. The van der Waals surface area contributed by atoms with Gasteiger partial charge in [-0.15, -0.1) is 0 Å². The van der Waals surface area contributed by atoms with Crippen molar-refractivity contribution in [3.05, 3.63) is 77.8 Å². The van der Waals surface area contributed by atoms with Crippen LogP contribution in [0.5, 0.6) is 0 Å². The Morgan fingerprint density at radius 2 is 1.07 bits per heavy atom. The minimum atomic E-state index is -0.711. The van der Waals surface area contributed by atoms with Crippen LogP contribution in [-0.4, -0.2) is 21.4 Å². The van der Waals surface area contributed by atoms with Crippen LogP contribution in [0.4, 0.5) is 11.4 Å². The zero-order valence-electron chi connectivity index (χ0n) is 14.4. The number of benzene rings is 2. The van der Waals surface area contributed by atoms with E-state index in [1.807, 2.05) is 0 Å². The van der Waals surface area contributed by atoms with Crippen LogP contribution in [0, 0.1) is 20.2 Å². The first kappa shape index (κ1) is 29.6. The first-order valence-corrected chi connectivity index (χ1v) is 7.90. The number of nitrogens with zero attached hydrogens (tertiary/aromatic N) is 2. The maximum absolute atomic E-state index is 12.1. The smallest absolute Gasteiger partial charge is 1.00 e. The van der Waals surface area contributed by atoms with E-state index in [4.69, 9.17) is 23.2 Å². The average molecular weight is 533 g/mol. The van der Waals surface area contributed by atoms with Crippen molar-refractivity contribution in [2.45, 2.75) is 12.8 Å². The van der Waals surface area contributed by atoms with E-state index in [9.17, 15) is 29.8 Å². The molecule has 0 aliphatic heterocycles. The van der Waals surface area contributed by atoms with E-state index in [-0.39, 0.29) is 78.3 Å². The van der Waals surface area contributed by atoms with Crippen LogP contribution in [0.15, 0.2) is 36.4 Å². The van der Waals surface area contributed by atoms with Gasteiger partial charge in [-0.25, -0.2) is 0 Å². The van der Waals surface area contributed by atoms with Gasteiger partial charge in [0.05, 0.1) is 9.85 Å². The Hall–Kier alpha value is -1.64. The van der Waals surface area contributed by atoms with Crippen LogP contribution in [0.3, 0.4) is 0 Å². The Labute approximate surface area is 199 Å². The molecule has 0 saturated carbocycles. The molecular formula is C16H10Cl4N2O6Zn. The van der Waals surface area contributed by atoms with Crippen molar-refractivity contribution < 1.29 is 63.7 Å². The van der Waals surface area contributed by atoms with Gasteiger partial charge in [0.2, 0.25) is 0 Å². The summed E-state index contributed by atoms with van der Waals surface area (Å²) in [6.07, 6.45) is -0.428. The van der Waals surface area contributed by atoms with Crippen molar-refractivity contribution in [2.75, 3.05) is 0 Å². The number of ketones is 2. The quantitative estimate of drug-likeness (QED) is 0.188. The van der Waals surface area contributed by atoms with E-state index in [1.165, 1.54) is 24.3 Å². The Kier molecular flexibility index (Phi) is 13.1. The molecule has 29 heavy (non-hydrogen) atoms. The van der Waals surface area contributed by atoms with E-state index < -0.39 is 32.8 Å². The number of hydrogen-bond donors (Lipinski definition) is 0. The Morgan fingerprint density at radius 3 is 1.34 bits per heavy atom. The van der Waals surface area contributed by atoms with E-state index in [0.717, 1.165) is 12.1 Å². The third-order valence-electron chi connectivity index (χ3n) is 3.51. The first-order valence-electron chi connectivity index (χ1n) is 7.15. The number of carbonyl (C=O) groups excluding carboxylic acids is 2. The summed E-state index contributed by atoms with van der Waals surface area (Å²) < 4.78 is 0. The summed E-state index contributed by atoms with van der Waals surface area (Å²) in [5, 5.41) is 21.5. The van der Waals surface area contributed by atoms with Crippen LogP contribution in [0.25, 0.3) is 0 Å². The molecule has 0 saturated heterocycles. The molecule has 2 rings (SSSR count). The SMILES string of the molecule is O=C(CCC(=O)c1ccc(Cl)c([N+](=O)[O-])c1)c1ccc(Cl)c([N+](=O)[O-])c1.[Cl-].[Cl-].[Zn+2]. The number of hydrogen-bond acceptors (Lipinski definition) is 6. The van der Waals surface area contributed by atoms with Crippen LogP contribution in [-0.2, 0) is 19.5 Å². The van der Waals surface area contributed by atoms with Gasteiger partial charge >= 0.3 is 19.5 Å². The van der Waals surface area contributed by atoms with Crippen molar-refractivity contribution in [3.8, 4) is 0 Å². The zero-order chi connectivity index (χ0) is 19.4. The average Bonchev–Trinajstić information content (AvgIpc) is 2.59. The molecule has 0 radical (unpaired) electrons. The number of nitro benzene ring substituents is 2. The molecule has 0 heterocycles. The summed E-state index contributed by atoms with van der Waals surface area (Å²) in [5.74, 6) is -0.969. The summed E-state index contributed by atoms with van der Waals surface area (Å²) in [7, 11) is 0. The van der Waals surface area contributed by atoms with Gasteiger partial charge in [-0.3, -0.25) is 29.8 Å². The number of halogens is 4. The topological polar surface area (TPSA) is 120 Å². The fourth-order valence-corrected chi connectivity index (χ4v) is 2.54. The molecule has 13 heteroatoms. The molecule has 0 spiro atoms. The second-order valence-electron chi connectivity index (χ2n) is 5.19. The minimum absolute atomic E-state index is 0. The molecule has 150 valence electrons. The van der Waals surface area contributed by atoms with Gasteiger partial charge in [0.1, 0.15) is 10.0 Å². The molecule has 0 bridgehead atoms. The van der Waals surface area contributed by atoms with E-state index in [0.29, 0.717) is 0 Å². The maximum Gasteiger partial charge on any atom is 2.00 e. The standard InChI is InChI=1S/C16H10Cl2N2O6.2ClH.Zn/c17-11-3-1-9(7-13(11)19(23)24)15(21)5-6-16(22)10-2-4-12(18)14(8-10)20(25)26;;;/h1-4,7-8H,5-6H2;2*1H;/q;;;+2/p-2. The fourth-order valence-electron chi connectivity index (χ4n) is 2.17. The normalized spacial score (nSPS) is 9.31. The third kappa shape index (κ3) is 7.60. The molecule has 0 aliphatic rings. The molecule has 8 nitrogen and oxygen atoms in total. The first-order chi connectivity index (χ1) is 12.2. The van der Waals surface area contributed by atoms with Crippen molar-refractivity contribution in [1.29, 1.82) is 0 Å².